The second-order valence-corrected chi connectivity index (χ2v) is 3.82. The van der Waals surface area contributed by atoms with Crippen molar-refractivity contribution in [2.75, 3.05) is 0 Å². The van der Waals surface area contributed by atoms with E-state index in [1.54, 1.807) is 10.6 Å². The lowest BCUT2D eigenvalue weighted by atomic mass is 10.1. The van der Waals surface area contributed by atoms with Gasteiger partial charge in [0.25, 0.3) is 5.56 Å². The van der Waals surface area contributed by atoms with Gasteiger partial charge in [0.2, 0.25) is 0 Å². The summed E-state index contributed by atoms with van der Waals surface area (Å²) in [7, 11) is 0. The maximum atomic E-state index is 11.7. The number of rotatable bonds is 1. The van der Waals surface area contributed by atoms with Crippen LogP contribution < -0.4 is 11.3 Å². The minimum Gasteiger partial charge on any atom is -0.325 e. The molecule has 0 aliphatic carbocycles. The third kappa shape index (κ3) is 1.46. The van der Waals surface area contributed by atoms with Crippen molar-refractivity contribution in [1.29, 1.82) is 0 Å². The Labute approximate surface area is 82.8 Å². The Bertz CT molecular complexity index is 397. The second kappa shape index (κ2) is 3.53. The van der Waals surface area contributed by atoms with Gasteiger partial charge in [0.05, 0.1) is 5.69 Å². The van der Waals surface area contributed by atoms with E-state index in [-0.39, 0.29) is 11.6 Å². The van der Waals surface area contributed by atoms with E-state index < -0.39 is 0 Å². The van der Waals surface area contributed by atoms with Crippen molar-refractivity contribution < 1.29 is 0 Å². The molecule has 0 fully saturated rings. The topological polar surface area (TPSA) is 60.9 Å². The number of nitrogens with zero attached hydrogens (tertiary/aromatic N) is 2. The summed E-state index contributed by atoms with van der Waals surface area (Å²) >= 11 is 0. The molecule has 1 aromatic rings. The van der Waals surface area contributed by atoms with E-state index in [0.717, 1.165) is 25.1 Å². The average Bonchev–Trinajstić information content (AvgIpc) is 2.17. The first kappa shape index (κ1) is 9.40. The van der Waals surface area contributed by atoms with E-state index in [1.165, 1.54) is 0 Å². The molecule has 2 rings (SSSR count). The molecule has 0 radical (unpaired) electrons. The van der Waals surface area contributed by atoms with Crippen LogP contribution in [0, 0.1) is 0 Å². The van der Waals surface area contributed by atoms with Gasteiger partial charge in [-0.2, -0.15) is 0 Å². The summed E-state index contributed by atoms with van der Waals surface area (Å²) in [5, 5.41) is 0. The standard InChI is InChI=1S/C10H15N3O/c1-7-3-2-4-9-12-8(6-11)5-10(14)13(7)9/h5,7H,2-4,6,11H2,1H3. The monoisotopic (exact) mass is 193 g/mol. The number of aromatic nitrogens is 2. The van der Waals surface area contributed by atoms with Gasteiger partial charge in [-0.25, -0.2) is 4.98 Å². The summed E-state index contributed by atoms with van der Waals surface area (Å²) in [6, 6.07) is 1.83. The van der Waals surface area contributed by atoms with Crippen LogP contribution >= 0.6 is 0 Å². The third-order valence-corrected chi connectivity index (χ3v) is 2.75. The van der Waals surface area contributed by atoms with Crippen molar-refractivity contribution in [1.82, 2.24) is 9.55 Å². The maximum Gasteiger partial charge on any atom is 0.254 e. The van der Waals surface area contributed by atoms with Crippen LogP contribution in [0.3, 0.4) is 0 Å². The number of nitrogens with two attached hydrogens (primary N) is 1. The molecule has 1 unspecified atom stereocenters. The van der Waals surface area contributed by atoms with Crippen LogP contribution in [-0.2, 0) is 13.0 Å². The van der Waals surface area contributed by atoms with Gasteiger partial charge < -0.3 is 5.73 Å². The zero-order valence-corrected chi connectivity index (χ0v) is 8.36. The van der Waals surface area contributed by atoms with Gasteiger partial charge in [0.15, 0.2) is 0 Å². The molecule has 4 heteroatoms. The Morgan fingerprint density at radius 2 is 2.50 bits per heavy atom. The second-order valence-electron chi connectivity index (χ2n) is 3.82. The van der Waals surface area contributed by atoms with Crippen molar-refractivity contribution in [2.24, 2.45) is 5.73 Å². The van der Waals surface area contributed by atoms with Crippen LogP contribution in [-0.4, -0.2) is 9.55 Å². The van der Waals surface area contributed by atoms with Gasteiger partial charge >= 0.3 is 0 Å². The number of fused-ring (bicyclic) bond motifs is 1. The van der Waals surface area contributed by atoms with E-state index in [0.29, 0.717) is 12.2 Å². The summed E-state index contributed by atoms with van der Waals surface area (Å²) in [5.41, 5.74) is 6.22. The first-order valence-corrected chi connectivity index (χ1v) is 5.04. The van der Waals surface area contributed by atoms with E-state index in [4.69, 9.17) is 5.73 Å². The van der Waals surface area contributed by atoms with Crippen LogP contribution in [0.5, 0.6) is 0 Å². The Morgan fingerprint density at radius 3 is 3.21 bits per heavy atom. The molecule has 0 spiro atoms. The van der Waals surface area contributed by atoms with Gasteiger partial charge in [-0.05, 0) is 19.8 Å². The minimum atomic E-state index is 0.0441. The lowest BCUT2D eigenvalue weighted by molar-refractivity contribution is 0.403. The van der Waals surface area contributed by atoms with E-state index >= 15 is 0 Å². The van der Waals surface area contributed by atoms with E-state index in [9.17, 15) is 4.79 Å². The normalized spacial score (nSPS) is 20.6. The zero-order chi connectivity index (χ0) is 10.1. The SMILES string of the molecule is CC1CCCc2nc(CN)cc(=O)n21. The molecule has 1 aliphatic rings. The first-order chi connectivity index (χ1) is 6.72. The summed E-state index contributed by atoms with van der Waals surface area (Å²) in [4.78, 5) is 16.1. The smallest absolute Gasteiger partial charge is 0.254 e. The van der Waals surface area contributed by atoms with E-state index in [1.807, 2.05) is 0 Å². The van der Waals surface area contributed by atoms with Crippen molar-refractivity contribution in [2.45, 2.75) is 38.8 Å². The molecule has 2 heterocycles. The molecule has 76 valence electrons. The molecule has 1 aromatic heterocycles. The predicted molar refractivity (Wildman–Crippen MR) is 54.0 cm³/mol. The highest BCUT2D eigenvalue weighted by Crippen LogP contribution is 2.20. The highest BCUT2D eigenvalue weighted by Gasteiger charge is 2.18. The highest BCUT2D eigenvalue weighted by molar-refractivity contribution is 5.07. The van der Waals surface area contributed by atoms with Crippen LogP contribution in [0.2, 0.25) is 0 Å². The highest BCUT2D eigenvalue weighted by atomic mass is 16.1. The van der Waals surface area contributed by atoms with Crippen molar-refractivity contribution in [3.63, 3.8) is 0 Å². The molecular formula is C10H15N3O. The van der Waals surface area contributed by atoms with Crippen LogP contribution in [0.25, 0.3) is 0 Å². The molecule has 0 amide bonds. The Morgan fingerprint density at radius 1 is 1.71 bits per heavy atom. The van der Waals surface area contributed by atoms with Crippen LogP contribution in [0.1, 0.15) is 37.3 Å². The molecular weight excluding hydrogens is 178 g/mol. The predicted octanol–water partition coefficient (Wildman–Crippen LogP) is 0.599. The quantitative estimate of drug-likeness (QED) is 0.710. The van der Waals surface area contributed by atoms with Crippen molar-refractivity contribution in [3.05, 3.63) is 27.9 Å². The van der Waals surface area contributed by atoms with E-state index in [2.05, 4.69) is 11.9 Å². The fraction of sp³-hybridized carbons (Fsp3) is 0.600. The molecule has 0 saturated carbocycles. The number of hydrogen-bond acceptors (Lipinski definition) is 3. The maximum absolute atomic E-state index is 11.7. The molecule has 1 aliphatic heterocycles. The lowest BCUT2D eigenvalue weighted by Crippen LogP contribution is -2.31. The average molecular weight is 193 g/mol. The Hall–Kier alpha value is -1.16. The number of hydrogen-bond donors (Lipinski definition) is 1. The zero-order valence-electron chi connectivity index (χ0n) is 8.36. The third-order valence-electron chi connectivity index (χ3n) is 2.75. The molecule has 2 N–H and O–H groups in total. The Kier molecular flexibility index (Phi) is 2.37. The first-order valence-electron chi connectivity index (χ1n) is 5.04. The minimum absolute atomic E-state index is 0.0441. The van der Waals surface area contributed by atoms with Crippen molar-refractivity contribution >= 4 is 0 Å². The largest absolute Gasteiger partial charge is 0.325 e. The molecule has 0 aromatic carbocycles. The molecule has 4 nitrogen and oxygen atoms in total. The van der Waals surface area contributed by atoms with Gasteiger partial charge in [0.1, 0.15) is 5.82 Å². The Balaban J connectivity index is 2.57. The fourth-order valence-corrected chi connectivity index (χ4v) is 2.03. The van der Waals surface area contributed by atoms with Crippen LogP contribution in [0.4, 0.5) is 0 Å². The van der Waals surface area contributed by atoms with Crippen molar-refractivity contribution in [3.8, 4) is 0 Å². The molecule has 0 saturated heterocycles. The summed E-state index contributed by atoms with van der Waals surface area (Å²) < 4.78 is 1.79. The van der Waals surface area contributed by atoms with Gasteiger partial charge in [-0.3, -0.25) is 9.36 Å². The van der Waals surface area contributed by atoms with Gasteiger partial charge in [-0.15, -0.1) is 0 Å². The molecule has 1 atom stereocenters. The number of aryl methyl sites for hydroxylation is 1. The van der Waals surface area contributed by atoms with Gasteiger partial charge in [0, 0.05) is 25.1 Å². The van der Waals surface area contributed by atoms with Gasteiger partial charge in [-0.1, -0.05) is 0 Å². The summed E-state index contributed by atoms with van der Waals surface area (Å²) in [5.74, 6) is 0.900. The van der Waals surface area contributed by atoms with Crippen LogP contribution in [0.15, 0.2) is 10.9 Å². The molecule has 0 bridgehead atoms. The fourth-order valence-electron chi connectivity index (χ4n) is 2.03. The summed E-state index contributed by atoms with van der Waals surface area (Å²) in [6.45, 7) is 2.41. The summed E-state index contributed by atoms with van der Waals surface area (Å²) in [6.07, 6.45) is 3.08. The lowest BCUT2D eigenvalue weighted by Gasteiger charge is -2.24. The molecule has 14 heavy (non-hydrogen) atoms.